The second-order valence-electron chi connectivity index (χ2n) is 6.20. The zero-order valence-corrected chi connectivity index (χ0v) is 15.7. The number of hydrogen-bond donors (Lipinski definition) is 2. The van der Waals surface area contributed by atoms with Crippen LogP contribution in [0.25, 0.3) is 11.0 Å². The van der Waals surface area contributed by atoms with Crippen LogP contribution < -0.4 is 0 Å². The Hall–Kier alpha value is -1.55. The molecule has 1 saturated heterocycles. The fourth-order valence-electron chi connectivity index (χ4n) is 3.29. The van der Waals surface area contributed by atoms with Gasteiger partial charge in [0.25, 0.3) is 0 Å². The van der Waals surface area contributed by atoms with E-state index in [4.69, 9.17) is 4.74 Å². The first-order valence-electron chi connectivity index (χ1n) is 8.06. The molecule has 0 radical (unpaired) electrons. The van der Waals surface area contributed by atoms with Gasteiger partial charge in [-0.3, -0.25) is 0 Å². The lowest BCUT2D eigenvalue weighted by Gasteiger charge is -2.21. The van der Waals surface area contributed by atoms with E-state index in [-0.39, 0.29) is 3.92 Å². The molecule has 1 aliphatic rings. The summed E-state index contributed by atoms with van der Waals surface area (Å²) in [6.07, 6.45) is 0.685. The molecule has 25 heavy (non-hydrogen) atoms. The molecule has 2 N–H and O–H groups in total. The lowest BCUT2D eigenvalue weighted by molar-refractivity contribution is -0.0745. The van der Waals surface area contributed by atoms with E-state index in [9.17, 15) is 10.2 Å². The molecule has 6 nitrogen and oxygen atoms in total. The van der Waals surface area contributed by atoms with Crippen molar-refractivity contribution in [2.24, 2.45) is 0 Å². The quantitative estimate of drug-likeness (QED) is 0.473. The molecule has 0 aliphatic carbocycles. The van der Waals surface area contributed by atoms with E-state index in [1.165, 1.54) is 6.33 Å². The van der Waals surface area contributed by atoms with Crippen LogP contribution in [0.5, 0.6) is 0 Å². The van der Waals surface area contributed by atoms with Crippen molar-refractivity contribution >= 4 is 33.6 Å². The zero-order valence-electron chi connectivity index (χ0n) is 13.5. The van der Waals surface area contributed by atoms with Crippen LogP contribution in [0.1, 0.15) is 23.6 Å². The van der Waals surface area contributed by atoms with Crippen LogP contribution in [0.4, 0.5) is 0 Å². The van der Waals surface area contributed by atoms with Gasteiger partial charge in [-0.1, -0.05) is 52.9 Å². The Morgan fingerprint density at radius 2 is 1.96 bits per heavy atom. The minimum atomic E-state index is -0.805. The molecular formula is C18H18IN3O3. The van der Waals surface area contributed by atoms with Crippen LogP contribution in [-0.2, 0) is 4.74 Å². The number of fused-ring (bicyclic) bond motifs is 1. The van der Waals surface area contributed by atoms with Crippen molar-refractivity contribution in [2.75, 3.05) is 0 Å². The average molecular weight is 451 g/mol. The largest absolute Gasteiger partial charge is 0.387 e. The fourth-order valence-corrected chi connectivity index (χ4v) is 4.21. The third kappa shape index (κ3) is 2.84. The van der Waals surface area contributed by atoms with Crippen LogP contribution in [0, 0.1) is 6.92 Å². The molecule has 130 valence electrons. The molecule has 5 unspecified atom stereocenters. The third-order valence-electron chi connectivity index (χ3n) is 4.66. The summed E-state index contributed by atoms with van der Waals surface area (Å²) in [5.74, 6) is 0. The highest BCUT2D eigenvalue weighted by atomic mass is 127. The van der Waals surface area contributed by atoms with Crippen LogP contribution in [0.3, 0.4) is 0 Å². The normalized spacial score (nSPS) is 27.7. The van der Waals surface area contributed by atoms with Gasteiger partial charge in [-0.2, -0.15) is 0 Å². The van der Waals surface area contributed by atoms with E-state index in [0.29, 0.717) is 0 Å². The van der Waals surface area contributed by atoms with Gasteiger partial charge in [-0.25, -0.2) is 9.97 Å². The number of aromatic nitrogens is 3. The van der Waals surface area contributed by atoms with Crippen molar-refractivity contribution in [1.82, 2.24) is 14.5 Å². The minimum absolute atomic E-state index is 0.252. The second-order valence-corrected chi connectivity index (χ2v) is 7.64. The van der Waals surface area contributed by atoms with Gasteiger partial charge in [0.2, 0.25) is 0 Å². The van der Waals surface area contributed by atoms with Crippen LogP contribution >= 0.6 is 22.6 Å². The maximum Gasteiger partial charge on any atom is 0.162 e. The summed E-state index contributed by atoms with van der Waals surface area (Å²) in [6, 6.07) is 11.3. The van der Waals surface area contributed by atoms with Gasteiger partial charge in [0, 0.05) is 11.6 Å². The van der Waals surface area contributed by atoms with Gasteiger partial charge in [0.05, 0.1) is 9.62 Å². The van der Waals surface area contributed by atoms with E-state index >= 15 is 0 Å². The summed E-state index contributed by atoms with van der Waals surface area (Å²) in [7, 11) is 0. The number of nitrogens with zero attached hydrogens (tertiary/aromatic N) is 3. The van der Waals surface area contributed by atoms with Crippen molar-refractivity contribution < 1.29 is 14.9 Å². The first-order valence-corrected chi connectivity index (χ1v) is 9.31. The summed E-state index contributed by atoms with van der Waals surface area (Å²) in [4.78, 5) is 8.52. The standard InChI is InChI=1S/C18H18IN3O3/c1-10-12-7-8-22(17(12)21-9-20-10)18-15(24)13(19)16(25-18)14(23)11-5-3-2-4-6-11/h2-9,13-16,18,23-24H,1H3. The lowest BCUT2D eigenvalue weighted by atomic mass is 10.0. The van der Waals surface area contributed by atoms with Crippen molar-refractivity contribution in [3.05, 3.63) is 60.2 Å². The number of benzene rings is 1. The molecule has 0 bridgehead atoms. The molecule has 1 aliphatic heterocycles. The molecule has 3 aromatic rings. The van der Waals surface area contributed by atoms with E-state index in [1.54, 1.807) is 0 Å². The Kier molecular flexibility index (Phi) is 4.48. The van der Waals surface area contributed by atoms with Crippen molar-refractivity contribution in [3.8, 4) is 0 Å². The number of aliphatic hydroxyl groups is 2. The predicted molar refractivity (Wildman–Crippen MR) is 101 cm³/mol. The molecule has 0 saturated carbocycles. The van der Waals surface area contributed by atoms with Crippen LogP contribution in [0.15, 0.2) is 48.9 Å². The monoisotopic (exact) mass is 451 g/mol. The number of rotatable bonds is 3. The van der Waals surface area contributed by atoms with Crippen LogP contribution in [-0.4, -0.2) is 40.9 Å². The Labute approximate surface area is 158 Å². The van der Waals surface area contributed by atoms with E-state index < -0.39 is 24.5 Å². The van der Waals surface area contributed by atoms with Crippen molar-refractivity contribution in [1.29, 1.82) is 0 Å². The topological polar surface area (TPSA) is 80.4 Å². The smallest absolute Gasteiger partial charge is 0.162 e. The van der Waals surface area contributed by atoms with Crippen molar-refractivity contribution in [2.45, 2.75) is 35.4 Å². The van der Waals surface area contributed by atoms with Gasteiger partial charge >= 0.3 is 0 Å². The van der Waals surface area contributed by atoms with Gasteiger partial charge in [0.15, 0.2) is 6.23 Å². The van der Waals surface area contributed by atoms with Gasteiger partial charge < -0.3 is 19.5 Å². The molecule has 1 aromatic carbocycles. The Morgan fingerprint density at radius 3 is 2.72 bits per heavy atom. The second kappa shape index (κ2) is 6.64. The summed E-state index contributed by atoms with van der Waals surface area (Å²) in [6.45, 7) is 1.92. The maximum atomic E-state index is 10.7. The first-order chi connectivity index (χ1) is 12.1. The number of halogens is 1. The zero-order chi connectivity index (χ0) is 17.6. The molecule has 2 aromatic heterocycles. The summed E-state index contributed by atoms with van der Waals surface area (Å²) >= 11 is 2.15. The predicted octanol–water partition coefficient (Wildman–Crippen LogP) is 2.54. The molecule has 0 spiro atoms. The molecule has 3 heterocycles. The van der Waals surface area contributed by atoms with Gasteiger partial charge in [-0.15, -0.1) is 0 Å². The molecule has 7 heteroatoms. The van der Waals surface area contributed by atoms with Crippen molar-refractivity contribution in [3.63, 3.8) is 0 Å². The fraction of sp³-hybridized carbons (Fsp3) is 0.333. The lowest BCUT2D eigenvalue weighted by Crippen LogP contribution is -2.30. The summed E-state index contributed by atoms with van der Waals surface area (Å²) in [5, 5.41) is 22.3. The first kappa shape index (κ1) is 16.9. The number of ether oxygens (including phenoxy) is 1. The molecule has 0 amide bonds. The Bertz CT molecular complexity index is 886. The molecule has 4 rings (SSSR count). The van der Waals surface area contributed by atoms with Gasteiger partial charge in [0.1, 0.15) is 30.3 Å². The Balaban J connectivity index is 1.67. The highest BCUT2D eigenvalue weighted by molar-refractivity contribution is 14.1. The minimum Gasteiger partial charge on any atom is -0.387 e. The van der Waals surface area contributed by atoms with Crippen LogP contribution in [0.2, 0.25) is 0 Å². The summed E-state index contributed by atoms with van der Waals surface area (Å²) in [5.41, 5.74) is 2.37. The molecule has 1 fully saturated rings. The average Bonchev–Trinajstić information content (AvgIpc) is 3.18. The third-order valence-corrected chi connectivity index (χ3v) is 6.11. The summed E-state index contributed by atoms with van der Waals surface area (Å²) < 4.78 is 7.66. The molecular weight excluding hydrogens is 433 g/mol. The highest BCUT2D eigenvalue weighted by Gasteiger charge is 2.46. The number of alkyl halides is 1. The van der Waals surface area contributed by atoms with E-state index in [2.05, 4.69) is 32.6 Å². The number of hydrogen-bond acceptors (Lipinski definition) is 5. The van der Waals surface area contributed by atoms with Gasteiger partial charge in [-0.05, 0) is 18.6 Å². The maximum absolute atomic E-state index is 10.7. The number of aryl methyl sites for hydroxylation is 1. The number of aliphatic hydroxyl groups excluding tert-OH is 2. The SMILES string of the molecule is Cc1ncnc2c1ccn2C1OC(C(O)c2ccccc2)C(I)C1O. The Morgan fingerprint density at radius 1 is 1.20 bits per heavy atom. The van der Waals surface area contributed by atoms with E-state index in [0.717, 1.165) is 22.3 Å². The highest BCUT2D eigenvalue weighted by Crippen LogP contribution is 2.40. The molecule has 5 atom stereocenters. The van der Waals surface area contributed by atoms with E-state index in [1.807, 2.05) is 54.1 Å².